The van der Waals surface area contributed by atoms with Gasteiger partial charge in [-0.15, -0.1) is 0 Å². The molecule has 0 heterocycles. The molecule has 0 saturated heterocycles. The fourth-order valence-corrected chi connectivity index (χ4v) is 1.29. The lowest BCUT2D eigenvalue weighted by Gasteiger charge is -2.17. The topological polar surface area (TPSA) is 32.3 Å². The first kappa shape index (κ1) is 13.3. The van der Waals surface area contributed by atoms with Crippen LogP contribution < -0.4 is 5.32 Å². The Morgan fingerprint density at radius 3 is 2.43 bits per heavy atom. The smallest absolute Gasteiger partial charge is 0.317 e. The first-order valence-corrected chi connectivity index (χ1v) is 5.55. The summed E-state index contributed by atoms with van der Waals surface area (Å²) in [6.07, 6.45) is 6.13. The van der Waals surface area contributed by atoms with Gasteiger partial charge in [0.25, 0.3) is 0 Å². The molecular formula is C11H24N2O. The van der Waals surface area contributed by atoms with Gasteiger partial charge in [-0.3, -0.25) is 0 Å². The summed E-state index contributed by atoms with van der Waals surface area (Å²) in [7, 11) is 3.53. The second kappa shape index (κ2) is 7.65. The minimum Gasteiger partial charge on any atom is -0.336 e. The number of nitrogens with zero attached hydrogens (tertiary/aromatic N) is 1. The molecule has 1 unspecified atom stereocenters. The monoisotopic (exact) mass is 200 g/mol. The molecule has 0 spiro atoms. The van der Waals surface area contributed by atoms with Crippen molar-refractivity contribution >= 4 is 6.03 Å². The van der Waals surface area contributed by atoms with E-state index in [0.29, 0.717) is 6.04 Å². The summed E-state index contributed by atoms with van der Waals surface area (Å²) in [6.45, 7) is 4.27. The third kappa shape index (κ3) is 6.75. The summed E-state index contributed by atoms with van der Waals surface area (Å²) in [5.74, 6) is 0. The molecule has 1 atom stereocenters. The van der Waals surface area contributed by atoms with Crippen LogP contribution in [0.25, 0.3) is 0 Å². The predicted molar refractivity (Wildman–Crippen MR) is 60.4 cm³/mol. The molecule has 0 saturated carbocycles. The van der Waals surface area contributed by atoms with E-state index in [-0.39, 0.29) is 6.03 Å². The van der Waals surface area contributed by atoms with E-state index in [1.807, 2.05) is 0 Å². The van der Waals surface area contributed by atoms with Crippen LogP contribution in [-0.4, -0.2) is 31.1 Å². The van der Waals surface area contributed by atoms with Crippen LogP contribution in [0, 0.1) is 0 Å². The highest BCUT2D eigenvalue weighted by atomic mass is 16.2. The molecule has 0 aromatic heterocycles. The largest absolute Gasteiger partial charge is 0.336 e. The van der Waals surface area contributed by atoms with Gasteiger partial charge < -0.3 is 10.2 Å². The molecule has 0 aromatic carbocycles. The average molecular weight is 200 g/mol. The number of urea groups is 1. The number of hydrogen-bond acceptors (Lipinski definition) is 1. The fraction of sp³-hybridized carbons (Fsp3) is 0.909. The number of carbonyl (C=O) groups excluding carboxylic acids is 1. The van der Waals surface area contributed by atoms with E-state index in [9.17, 15) is 4.79 Å². The molecule has 3 heteroatoms. The van der Waals surface area contributed by atoms with E-state index in [1.54, 1.807) is 19.0 Å². The lowest BCUT2D eigenvalue weighted by molar-refractivity contribution is 0.213. The number of nitrogens with one attached hydrogen (secondary N) is 1. The zero-order valence-corrected chi connectivity index (χ0v) is 9.97. The summed E-state index contributed by atoms with van der Waals surface area (Å²) in [4.78, 5) is 12.8. The third-order valence-electron chi connectivity index (χ3n) is 2.27. The van der Waals surface area contributed by atoms with Crippen molar-refractivity contribution in [1.82, 2.24) is 10.2 Å². The zero-order valence-electron chi connectivity index (χ0n) is 9.97. The van der Waals surface area contributed by atoms with Gasteiger partial charge in [-0.25, -0.2) is 4.79 Å². The Balaban J connectivity index is 3.45. The van der Waals surface area contributed by atoms with Gasteiger partial charge in [-0.2, -0.15) is 0 Å². The van der Waals surface area contributed by atoms with Crippen molar-refractivity contribution in [2.24, 2.45) is 0 Å². The second-order valence-corrected chi connectivity index (χ2v) is 4.09. The lowest BCUT2D eigenvalue weighted by atomic mass is 10.1. The van der Waals surface area contributed by atoms with Crippen LogP contribution in [0.5, 0.6) is 0 Å². The van der Waals surface area contributed by atoms with Crippen molar-refractivity contribution in [1.29, 1.82) is 0 Å². The second-order valence-electron chi connectivity index (χ2n) is 4.09. The Labute approximate surface area is 87.9 Å². The molecule has 0 bridgehead atoms. The average Bonchev–Trinajstić information content (AvgIpc) is 2.12. The van der Waals surface area contributed by atoms with Crippen LogP contribution in [-0.2, 0) is 0 Å². The number of carbonyl (C=O) groups is 1. The number of unbranched alkanes of at least 4 members (excludes halogenated alkanes) is 3. The van der Waals surface area contributed by atoms with E-state index >= 15 is 0 Å². The van der Waals surface area contributed by atoms with E-state index in [0.717, 1.165) is 6.42 Å². The van der Waals surface area contributed by atoms with Gasteiger partial charge in [0.1, 0.15) is 0 Å². The molecular weight excluding hydrogens is 176 g/mol. The standard InChI is InChI=1S/C11H24N2O/c1-5-6-7-8-9-10(2)12-11(14)13(3)4/h10H,5-9H2,1-4H3,(H,12,14). The minimum atomic E-state index is 0.00740. The molecule has 14 heavy (non-hydrogen) atoms. The maximum atomic E-state index is 11.3. The maximum Gasteiger partial charge on any atom is 0.317 e. The molecule has 84 valence electrons. The highest BCUT2D eigenvalue weighted by molar-refractivity contribution is 5.73. The van der Waals surface area contributed by atoms with Gasteiger partial charge in [0.2, 0.25) is 0 Å². The van der Waals surface area contributed by atoms with Crippen molar-refractivity contribution in [2.45, 2.75) is 52.0 Å². The molecule has 2 amide bonds. The Bertz CT molecular complexity index is 157. The molecule has 3 nitrogen and oxygen atoms in total. The minimum absolute atomic E-state index is 0.00740. The first-order chi connectivity index (χ1) is 6.57. The van der Waals surface area contributed by atoms with Gasteiger partial charge in [0.15, 0.2) is 0 Å². The fourth-order valence-electron chi connectivity index (χ4n) is 1.29. The van der Waals surface area contributed by atoms with Gasteiger partial charge in [-0.05, 0) is 13.3 Å². The third-order valence-corrected chi connectivity index (χ3v) is 2.27. The lowest BCUT2D eigenvalue weighted by Crippen LogP contribution is -2.39. The van der Waals surface area contributed by atoms with Crippen LogP contribution in [0.2, 0.25) is 0 Å². The Hall–Kier alpha value is -0.730. The van der Waals surface area contributed by atoms with Crippen molar-refractivity contribution in [3.8, 4) is 0 Å². The number of rotatable bonds is 6. The van der Waals surface area contributed by atoms with Crippen LogP contribution >= 0.6 is 0 Å². The highest BCUT2D eigenvalue weighted by Crippen LogP contribution is 2.05. The zero-order chi connectivity index (χ0) is 11.0. The van der Waals surface area contributed by atoms with Gasteiger partial charge >= 0.3 is 6.03 Å². The summed E-state index contributed by atoms with van der Waals surface area (Å²) in [5, 5.41) is 2.94. The van der Waals surface area contributed by atoms with E-state index in [1.165, 1.54) is 25.7 Å². The molecule has 1 N–H and O–H groups in total. The highest BCUT2D eigenvalue weighted by Gasteiger charge is 2.07. The summed E-state index contributed by atoms with van der Waals surface area (Å²) in [5.41, 5.74) is 0. The van der Waals surface area contributed by atoms with E-state index in [2.05, 4.69) is 19.2 Å². The van der Waals surface area contributed by atoms with Gasteiger partial charge in [0, 0.05) is 20.1 Å². The number of amides is 2. The molecule has 0 fully saturated rings. The molecule has 0 aliphatic carbocycles. The predicted octanol–water partition coefficient (Wildman–Crippen LogP) is 2.62. The SMILES string of the molecule is CCCCCCC(C)NC(=O)N(C)C. The normalized spacial score (nSPS) is 12.3. The summed E-state index contributed by atoms with van der Waals surface area (Å²) < 4.78 is 0. The van der Waals surface area contributed by atoms with E-state index in [4.69, 9.17) is 0 Å². The van der Waals surface area contributed by atoms with Crippen molar-refractivity contribution < 1.29 is 4.79 Å². The number of hydrogen-bond donors (Lipinski definition) is 1. The summed E-state index contributed by atoms with van der Waals surface area (Å²) in [6, 6.07) is 0.301. The Kier molecular flexibility index (Phi) is 7.25. The van der Waals surface area contributed by atoms with E-state index < -0.39 is 0 Å². The van der Waals surface area contributed by atoms with Crippen LogP contribution in [0.1, 0.15) is 46.0 Å². The van der Waals surface area contributed by atoms with Crippen molar-refractivity contribution in [3.63, 3.8) is 0 Å². The Morgan fingerprint density at radius 1 is 1.29 bits per heavy atom. The summed E-state index contributed by atoms with van der Waals surface area (Å²) >= 11 is 0. The Morgan fingerprint density at radius 2 is 1.93 bits per heavy atom. The first-order valence-electron chi connectivity index (χ1n) is 5.55. The van der Waals surface area contributed by atoms with Crippen LogP contribution in [0.3, 0.4) is 0 Å². The maximum absolute atomic E-state index is 11.3. The molecule has 0 radical (unpaired) electrons. The van der Waals surface area contributed by atoms with Crippen molar-refractivity contribution in [3.05, 3.63) is 0 Å². The molecule has 0 rings (SSSR count). The molecule has 0 aromatic rings. The quantitative estimate of drug-likeness (QED) is 0.657. The molecule has 0 aliphatic heterocycles. The van der Waals surface area contributed by atoms with Gasteiger partial charge in [-0.1, -0.05) is 32.6 Å². The van der Waals surface area contributed by atoms with Crippen LogP contribution in [0.15, 0.2) is 0 Å². The molecule has 0 aliphatic rings. The van der Waals surface area contributed by atoms with Crippen LogP contribution in [0.4, 0.5) is 4.79 Å². The van der Waals surface area contributed by atoms with Crippen molar-refractivity contribution in [2.75, 3.05) is 14.1 Å². The van der Waals surface area contributed by atoms with Gasteiger partial charge in [0.05, 0.1) is 0 Å².